The molecule has 8 heteroatoms. The van der Waals surface area contributed by atoms with Gasteiger partial charge < -0.3 is 4.57 Å². The average molecular weight is 871 g/mol. The summed E-state index contributed by atoms with van der Waals surface area (Å²) < 4.78 is 4.55. The van der Waals surface area contributed by atoms with Gasteiger partial charge in [0, 0.05) is 49.4 Å². The molecule has 0 saturated heterocycles. The van der Waals surface area contributed by atoms with Crippen LogP contribution in [-0.2, 0) is 0 Å². The summed E-state index contributed by atoms with van der Waals surface area (Å²) >= 11 is 0. The monoisotopic (exact) mass is 870 g/mol. The van der Waals surface area contributed by atoms with Crippen LogP contribution >= 0.6 is 0 Å². The Bertz CT molecular complexity index is 3940. The quantitative estimate of drug-likeness (QED) is 0.151. The molecule has 0 aliphatic carbocycles. The molecule has 8 nitrogen and oxygen atoms in total. The van der Waals surface area contributed by atoms with E-state index in [0.717, 1.165) is 88.2 Å². The molecular formula is C60H38N8. The van der Waals surface area contributed by atoms with Gasteiger partial charge in [0.05, 0.1) is 27.8 Å². The van der Waals surface area contributed by atoms with Gasteiger partial charge in [-0.1, -0.05) is 194 Å². The maximum atomic E-state index is 5.29. The number of nitrogens with zero attached hydrogens (tertiary/aromatic N) is 8. The van der Waals surface area contributed by atoms with E-state index >= 15 is 0 Å². The fourth-order valence-electron chi connectivity index (χ4n) is 9.53. The first-order valence-electron chi connectivity index (χ1n) is 22.6. The third kappa shape index (κ3) is 6.62. The second kappa shape index (κ2) is 16.2. The van der Waals surface area contributed by atoms with E-state index in [1.165, 1.54) is 0 Å². The van der Waals surface area contributed by atoms with Crippen LogP contribution in [0.3, 0.4) is 0 Å². The number of aromatic nitrogens is 8. The summed E-state index contributed by atoms with van der Waals surface area (Å²) in [7, 11) is 0. The molecule has 9 aromatic carbocycles. The summed E-state index contributed by atoms with van der Waals surface area (Å²) in [6.07, 6.45) is 0. The largest absolute Gasteiger partial charge is 0.308 e. The van der Waals surface area contributed by atoms with Crippen LogP contribution in [0.5, 0.6) is 0 Å². The molecule has 68 heavy (non-hydrogen) atoms. The van der Waals surface area contributed by atoms with Crippen molar-refractivity contribution in [3.63, 3.8) is 0 Å². The highest BCUT2D eigenvalue weighted by atomic mass is 15.2. The van der Waals surface area contributed by atoms with E-state index in [0.29, 0.717) is 35.1 Å². The molecule has 0 N–H and O–H groups in total. The van der Waals surface area contributed by atoms with Crippen LogP contribution < -0.4 is 0 Å². The summed E-state index contributed by atoms with van der Waals surface area (Å²) in [5, 5.41) is 4.45. The van der Waals surface area contributed by atoms with Gasteiger partial charge in [0.1, 0.15) is 0 Å². The third-order valence-electron chi connectivity index (χ3n) is 12.7. The third-order valence-corrected chi connectivity index (χ3v) is 12.7. The first-order valence-corrected chi connectivity index (χ1v) is 22.6. The summed E-state index contributed by atoms with van der Waals surface area (Å²) in [6.45, 7) is 0. The fraction of sp³-hybridized carbons (Fsp3) is 0. The van der Waals surface area contributed by atoms with E-state index in [9.17, 15) is 0 Å². The van der Waals surface area contributed by atoms with Crippen LogP contribution in [0.1, 0.15) is 0 Å². The second-order valence-electron chi connectivity index (χ2n) is 16.7. The van der Waals surface area contributed by atoms with E-state index in [4.69, 9.17) is 29.9 Å². The number of hydrogen-bond donors (Lipinski definition) is 0. The Labute approximate surface area is 391 Å². The molecule has 0 aliphatic heterocycles. The molecule has 0 aliphatic rings. The highest BCUT2D eigenvalue weighted by Crippen LogP contribution is 2.43. The molecule has 0 bridgehead atoms. The molecule has 0 spiro atoms. The molecule has 0 radical (unpaired) electrons. The number of para-hydroxylation sites is 3. The SMILES string of the molecule is c1ccc(-c2ccc(-c3nc(-c4ccccc4)nc(-n4c5ccccc5c5c6c7ccccc7n(-c7ccccc7-c7nc(-c8ccccc8)nc(-c8ccccc8)n7)c6ccc54)n3)cc2)cc1. The number of hydrogen-bond acceptors (Lipinski definition) is 6. The Morgan fingerprint density at radius 1 is 0.235 bits per heavy atom. The molecule has 4 heterocycles. The zero-order valence-corrected chi connectivity index (χ0v) is 36.5. The standard InChI is InChI=1S/C60H38N8/c1-5-19-39(20-6-1)40-33-35-44(36-34-40)58-62-57(43-25-11-4-12-26-43)65-60(66-58)68-49-31-17-14-28-46(49)54-52(68)38-37-51-53(54)45-27-13-16-30-48(45)67(51)50-32-18-15-29-47(50)59-63-55(41-21-7-2-8-22-41)61-56(64-59)42-23-9-3-10-24-42/h1-38H. The van der Waals surface area contributed by atoms with Crippen molar-refractivity contribution in [3.8, 4) is 79.7 Å². The highest BCUT2D eigenvalue weighted by Gasteiger charge is 2.24. The van der Waals surface area contributed by atoms with Crippen molar-refractivity contribution >= 4 is 43.6 Å². The van der Waals surface area contributed by atoms with E-state index in [2.05, 4.69) is 143 Å². The molecule has 0 amide bonds. The van der Waals surface area contributed by atoms with Crippen LogP contribution in [0.25, 0.3) is 123 Å². The normalized spacial score (nSPS) is 11.5. The summed E-state index contributed by atoms with van der Waals surface area (Å²) in [6, 6.07) is 79.2. The average Bonchev–Trinajstić information content (AvgIpc) is 3.94. The van der Waals surface area contributed by atoms with Crippen molar-refractivity contribution < 1.29 is 0 Å². The van der Waals surface area contributed by atoms with Crippen LogP contribution in [0, 0.1) is 0 Å². The molecule has 4 aromatic heterocycles. The molecule has 0 fully saturated rings. The van der Waals surface area contributed by atoms with Crippen molar-refractivity contribution in [2.75, 3.05) is 0 Å². The molecule has 318 valence electrons. The minimum absolute atomic E-state index is 0.541. The summed E-state index contributed by atoms with van der Waals surface area (Å²) in [5.74, 6) is 3.55. The zero-order valence-electron chi connectivity index (χ0n) is 36.5. The Hall–Kier alpha value is -9.40. The second-order valence-corrected chi connectivity index (χ2v) is 16.7. The Morgan fingerprint density at radius 2 is 0.588 bits per heavy atom. The van der Waals surface area contributed by atoms with Gasteiger partial charge in [0.15, 0.2) is 29.1 Å². The lowest BCUT2D eigenvalue weighted by Gasteiger charge is -2.14. The Kier molecular flexibility index (Phi) is 9.31. The maximum absolute atomic E-state index is 5.29. The first kappa shape index (κ1) is 39.0. The predicted octanol–water partition coefficient (Wildman–Crippen LogP) is 14.3. The lowest BCUT2D eigenvalue weighted by atomic mass is 10.0. The topological polar surface area (TPSA) is 87.2 Å². The molecular weight excluding hydrogens is 833 g/mol. The number of fused-ring (bicyclic) bond motifs is 7. The maximum Gasteiger partial charge on any atom is 0.238 e. The minimum Gasteiger partial charge on any atom is -0.308 e. The van der Waals surface area contributed by atoms with E-state index in [1.54, 1.807) is 0 Å². The van der Waals surface area contributed by atoms with E-state index in [1.807, 2.05) is 97.1 Å². The summed E-state index contributed by atoms with van der Waals surface area (Å²) in [4.78, 5) is 31.0. The molecule has 13 aromatic rings. The molecule has 0 saturated carbocycles. The zero-order chi connectivity index (χ0) is 45.0. The fourth-order valence-corrected chi connectivity index (χ4v) is 9.53. The van der Waals surface area contributed by atoms with Gasteiger partial charge in [-0.05, 0) is 47.5 Å². The van der Waals surface area contributed by atoms with Gasteiger partial charge in [-0.3, -0.25) is 4.57 Å². The molecule has 0 atom stereocenters. The lowest BCUT2D eigenvalue weighted by molar-refractivity contribution is 0.953. The first-order chi connectivity index (χ1) is 33.7. The van der Waals surface area contributed by atoms with Crippen LogP contribution in [0.2, 0.25) is 0 Å². The Balaban J connectivity index is 1.04. The van der Waals surface area contributed by atoms with E-state index in [-0.39, 0.29) is 0 Å². The number of rotatable bonds is 8. The van der Waals surface area contributed by atoms with Crippen molar-refractivity contribution in [3.05, 3.63) is 231 Å². The Morgan fingerprint density at radius 3 is 1.12 bits per heavy atom. The van der Waals surface area contributed by atoms with Gasteiger partial charge in [0.25, 0.3) is 0 Å². The van der Waals surface area contributed by atoms with Gasteiger partial charge in [-0.15, -0.1) is 0 Å². The van der Waals surface area contributed by atoms with Crippen molar-refractivity contribution in [2.45, 2.75) is 0 Å². The summed E-state index contributed by atoms with van der Waals surface area (Å²) in [5.41, 5.74) is 11.9. The number of benzene rings is 9. The predicted molar refractivity (Wildman–Crippen MR) is 275 cm³/mol. The van der Waals surface area contributed by atoms with Crippen LogP contribution in [0.15, 0.2) is 231 Å². The lowest BCUT2D eigenvalue weighted by Crippen LogP contribution is -2.06. The highest BCUT2D eigenvalue weighted by molar-refractivity contribution is 6.29. The van der Waals surface area contributed by atoms with Gasteiger partial charge in [-0.25, -0.2) is 19.9 Å². The molecule has 0 unspecified atom stereocenters. The van der Waals surface area contributed by atoms with Crippen LogP contribution in [0.4, 0.5) is 0 Å². The van der Waals surface area contributed by atoms with Crippen molar-refractivity contribution in [1.29, 1.82) is 0 Å². The van der Waals surface area contributed by atoms with Crippen molar-refractivity contribution in [1.82, 2.24) is 39.0 Å². The molecule has 13 rings (SSSR count). The van der Waals surface area contributed by atoms with E-state index < -0.39 is 0 Å². The van der Waals surface area contributed by atoms with Gasteiger partial charge >= 0.3 is 0 Å². The minimum atomic E-state index is 0.541. The van der Waals surface area contributed by atoms with Gasteiger partial charge in [-0.2, -0.15) is 9.97 Å². The smallest absolute Gasteiger partial charge is 0.238 e. The van der Waals surface area contributed by atoms with Crippen LogP contribution in [-0.4, -0.2) is 39.0 Å². The van der Waals surface area contributed by atoms with Crippen molar-refractivity contribution in [2.24, 2.45) is 0 Å². The van der Waals surface area contributed by atoms with Gasteiger partial charge in [0.2, 0.25) is 5.95 Å².